The van der Waals surface area contributed by atoms with Crippen molar-refractivity contribution in [2.45, 2.75) is 18.9 Å². The Labute approximate surface area is 107 Å². The first-order chi connectivity index (χ1) is 7.68. The average Bonchev–Trinajstić information content (AvgIpc) is 2.32. The number of benzene rings is 1. The maximum absolute atomic E-state index is 9.71. The third-order valence-electron chi connectivity index (χ3n) is 3.14. The third-order valence-corrected chi connectivity index (χ3v) is 3.14. The van der Waals surface area contributed by atoms with Crippen molar-refractivity contribution in [1.29, 1.82) is 0 Å². The molecule has 0 spiro atoms. The number of aromatic hydroxyl groups is 2. The molecule has 0 aromatic heterocycles. The normalized spacial score (nSPS) is 18.4. The zero-order valence-corrected chi connectivity index (χ0v) is 10.3. The van der Waals surface area contributed by atoms with Crippen LogP contribution >= 0.6 is 12.4 Å². The van der Waals surface area contributed by atoms with E-state index in [0.29, 0.717) is 11.5 Å². The topological polar surface area (TPSA) is 75.7 Å². The first-order valence-electron chi connectivity index (χ1n) is 5.53. The lowest BCUT2D eigenvalue weighted by atomic mass is 9.87. The fraction of sp³-hybridized carbons (Fsp3) is 0.500. The van der Waals surface area contributed by atoms with Gasteiger partial charge in [0.15, 0.2) is 0 Å². The van der Waals surface area contributed by atoms with E-state index in [2.05, 4.69) is 0 Å². The van der Waals surface area contributed by atoms with Gasteiger partial charge in [-0.2, -0.15) is 0 Å². The summed E-state index contributed by atoms with van der Waals surface area (Å²) in [5.74, 6) is 0.591. The highest BCUT2D eigenvalue weighted by Crippen LogP contribution is 2.34. The summed E-state index contributed by atoms with van der Waals surface area (Å²) in [5.41, 5.74) is 6.73. The second kappa shape index (κ2) is 6.10. The van der Waals surface area contributed by atoms with Crippen molar-refractivity contribution in [3.8, 4) is 11.5 Å². The van der Waals surface area contributed by atoms with Gasteiger partial charge in [0.1, 0.15) is 11.5 Å². The van der Waals surface area contributed by atoms with Crippen LogP contribution in [0.5, 0.6) is 11.5 Å². The maximum atomic E-state index is 9.71. The molecule has 1 fully saturated rings. The van der Waals surface area contributed by atoms with E-state index in [9.17, 15) is 10.2 Å². The van der Waals surface area contributed by atoms with Gasteiger partial charge in [0.05, 0.1) is 0 Å². The monoisotopic (exact) mass is 259 g/mol. The smallest absolute Gasteiger partial charge is 0.120 e. The molecule has 0 aliphatic carbocycles. The van der Waals surface area contributed by atoms with Crippen LogP contribution in [-0.4, -0.2) is 23.4 Å². The van der Waals surface area contributed by atoms with E-state index in [1.54, 1.807) is 0 Å². The lowest BCUT2D eigenvalue weighted by Gasteiger charge is -2.28. The molecule has 17 heavy (non-hydrogen) atoms. The van der Waals surface area contributed by atoms with E-state index >= 15 is 0 Å². The van der Waals surface area contributed by atoms with E-state index in [4.69, 9.17) is 10.5 Å². The Morgan fingerprint density at radius 2 is 1.88 bits per heavy atom. The predicted molar refractivity (Wildman–Crippen MR) is 67.5 cm³/mol. The first kappa shape index (κ1) is 14.1. The SMILES string of the molecule is Cl.N[C@@H](c1cc(O)ccc1O)C1CCOCC1. The number of ether oxygens (including phenoxy) is 1. The third kappa shape index (κ3) is 3.25. The molecule has 1 atom stereocenters. The summed E-state index contributed by atoms with van der Waals surface area (Å²) in [5, 5.41) is 19.1. The minimum absolute atomic E-state index is 0. The summed E-state index contributed by atoms with van der Waals surface area (Å²) in [6.07, 6.45) is 1.80. The highest BCUT2D eigenvalue weighted by atomic mass is 35.5. The van der Waals surface area contributed by atoms with Crippen molar-refractivity contribution in [1.82, 2.24) is 0 Å². The van der Waals surface area contributed by atoms with Gasteiger partial charge < -0.3 is 20.7 Å². The van der Waals surface area contributed by atoms with Gasteiger partial charge in [0.2, 0.25) is 0 Å². The molecule has 4 nitrogen and oxygen atoms in total. The minimum Gasteiger partial charge on any atom is -0.508 e. The Balaban J connectivity index is 0.00000144. The Morgan fingerprint density at radius 3 is 2.53 bits per heavy atom. The molecule has 4 N–H and O–H groups in total. The van der Waals surface area contributed by atoms with Gasteiger partial charge >= 0.3 is 0 Å². The van der Waals surface area contributed by atoms with Crippen molar-refractivity contribution in [2.75, 3.05) is 13.2 Å². The number of rotatable bonds is 2. The summed E-state index contributed by atoms with van der Waals surface area (Å²) < 4.78 is 5.27. The molecule has 0 amide bonds. The van der Waals surface area contributed by atoms with E-state index in [0.717, 1.165) is 26.1 Å². The summed E-state index contributed by atoms with van der Waals surface area (Å²) in [7, 11) is 0. The van der Waals surface area contributed by atoms with Crippen LogP contribution in [0.4, 0.5) is 0 Å². The number of hydrogen-bond acceptors (Lipinski definition) is 4. The van der Waals surface area contributed by atoms with Crippen LogP contribution in [0.3, 0.4) is 0 Å². The molecule has 1 aliphatic heterocycles. The molecule has 1 heterocycles. The number of nitrogens with two attached hydrogens (primary N) is 1. The summed E-state index contributed by atoms with van der Waals surface area (Å²) in [4.78, 5) is 0. The molecular formula is C12H18ClNO3. The average molecular weight is 260 g/mol. The molecule has 96 valence electrons. The second-order valence-electron chi connectivity index (χ2n) is 4.22. The Bertz CT molecular complexity index is 367. The fourth-order valence-electron chi connectivity index (χ4n) is 2.14. The molecule has 0 bridgehead atoms. The number of phenols is 2. The number of phenolic OH excluding ortho intramolecular Hbond substituents is 2. The lowest BCUT2D eigenvalue weighted by molar-refractivity contribution is 0.0581. The molecule has 1 aromatic carbocycles. The van der Waals surface area contributed by atoms with Gasteiger partial charge in [-0.15, -0.1) is 12.4 Å². The van der Waals surface area contributed by atoms with Crippen LogP contribution in [-0.2, 0) is 4.74 Å². The van der Waals surface area contributed by atoms with Gasteiger partial charge in [-0.3, -0.25) is 0 Å². The highest BCUT2D eigenvalue weighted by molar-refractivity contribution is 5.85. The van der Waals surface area contributed by atoms with Crippen LogP contribution in [0.1, 0.15) is 24.4 Å². The summed E-state index contributed by atoms with van der Waals surface area (Å²) in [6.45, 7) is 1.44. The second-order valence-corrected chi connectivity index (χ2v) is 4.22. The zero-order valence-electron chi connectivity index (χ0n) is 9.50. The number of halogens is 1. The molecular weight excluding hydrogens is 242 g/mol. The van der Waals surface area contributed by atoms with E-state index in [-0.39, 0.29) is 29.9 Å². The fourth-order valence-corrected chi connectivity index (χ4v) is 2.14. The van der Waals surface area contributed by atoms with Crippen molar-refractivity contribution in [3.05, 3.63) is 23.8 Å². The molecule has 1 aliphatic rings. The van der Waals surface area contributed by atoms with E-state index in [1.165, 1.54) is 18.2 Å². The zero-order chi connectivity index (χ0) is 11.5. The van der Waals surface area contributed by atoms with Crippen molar-refractivity contribution in [3.63, 3.8) is 0 Å². The quantitative estimate of drug-likeness (QED) is 0.710. The van der Waals surface area contributed by atoms with E-state index in [1.807, 2.05) is 0 Å². The van der Waals surface area contributed by atoms with Gasteiger partial charge in [-0.25, -0.2) is 0 Å². The molecule has 0 radical (unpaired) electrons. The van der Waals surface area contributed by atoms with Gasteiger partial charge in [-0.05, 0) is 37.0 Å². The molecule has 0 unspecified atom stereocenters. The molecule has 1 aromatic rings. The van der Waals surface area contributed by atoms with Crippen LogP contribution in [0.25, 0.3) is 0 Å². The summed E-state index contributed by atoms with van der Waals surface area (Å²) in [6, 6.07) is 4.23. The van der Waals surface area contributed by atoms with Crippen molar-refractivity contribution in [2.24, 2.45) is 11.7 Å². The van der Waals surface area contributed by atoms with Crippen LogP contribution < -0.4 is 5.73 Å². The minimum atomic E-state index is -0.240. The molecule has 0 saturated carbocycles. The van der Waals surface area contributed by atoms with E-state index < -0.39 is 0 Å². The maximum Gasteiger partial charge on any atom is 0.120 e. The van der Waals surface area contributed by atoms with Crippen LogP contribution in [0.15, 0.2) is 18.2 Å². The predicted octanol–water partition coefficient (Wildman–Crippen LogP) is 1.95. The van der Waals surface area contributed by atoms with Crippen molar-refractivity contribution >= 4 is 12.4 Å². The standard InChI is InChI=1S/C12H17NO3.ClH/c13-12(8-3-5-16-6-4-8)10-7-9(14)1-2-11(10)15;/h1-2,7-8,12,14-15H,3-6,13H2;1H/t12-;/m1./s1. The van der Waals surface area contributed by atoms with Crippen LogP contribution in [0, 0.1) is 5.92 Å². The van der Waals surface area contributed by atoms with Crippen molar-refractivity contribution < 1.29 is 14.9 Å². The van der Waals surface area contributed by atoms with Gasteiger partial charge in [-0.1, -0.05) is 0 Å². The molecule has 5 heteroatoms. The Hall–Kier alpha value is -0.970. The lowest BCUT2D eigenvalue weighted by Crippen LogP contribution is -2.27. The summed E-state index contributed by atoms with van der Waals surface area (Å²) >= 11 is 0. The number of hydrogen-bond donors (Lipinski definition) is 3. The molecule has 2 rings (SSSR count). The van der Waals surface area contributed by atoms with Gasteiger partial charge in [0.25, 0.3) is 0 Å². The largest absolute Gasteiger partial charge is 0.508 e. The highest BCUT2D eigenvalue weighted by Gasteiger charge is 2.24. The van der Waals surface area contributed by atoms with Gasteiger partial charge in [0, 0.05) is 24.8 Å². The Kier molecular flexibility index (Phi) is 5.05. The first-order valence-corrected chi connectivity index (χ1v) is 5.53. The van der Waals surface area contributed by atoms with Crippen LogP contribution in [0.2, 0.25) is 0 Å². The molecule has 1 saturated heterocycles. The Morgan fingerprint density at radius 1 is 1.24 bits per heavy atom.